The second-order valence-electron chi connectivity index (χ2n) is 5.61. The highest BCUT2D eigenvalue weighted by atomic mass is 32.2. The molecule has 3 heterocycles. The van der Waals surface area contributed by atoms with Gasteiger partial charge in [-0.15, -0.1) is 0 Å². The van der Waals surface area contributed by atoms with Crippen LogP contribution < -0.4 is 11.5 Å². The van der Waals surface area contributed by atoms with Crippen molar-refractivity contribution in [2.75, 3.05) is 17.2 Å². The second-order valence-corrected chi connectivity index (χ2v) is 6.69. The van der Waals surface area contributed by atoms with Crippen LogP contribution in [0.25, 0.3) is 11.2 Å². The monoisotopic (exact) mass is 370 g/mol. The van der Waals surface area contributed by atoms with Crippen LogP contribution in [0, 0.1) is 0 Å². The van der Waals surface area contributed by atoms with Crippen molar-refractivity contribution in [3.8, 4) is 0 Å². The van der Waals surface area contributed by atoms with Gasteiger partial charge in [-0.25, -0.2) is 15.0 Å². The summed E-state index contributed by atoms with van der Waals surface area (Å²) in [6.07, 6.45) is -1.25. The maximum absolute atomic E-state index is 10.7. The van der Waals surface area contributed by atoms with E-state index in [1.807, 2.05) is 0 Å². The lowest BCUT2D eigenvalue weighted by molar-refractivity contribution is -0.137. The molecule has 2 aromatic heterocycles. The molecule has 136 valence electrons. The Bertz CT molecular complexity index is 772. The van der Waals surface area contributed by atoms with Crippen LogP contribution >= 0.6 is 11.8 Å². The van der Waals surface area contributed by atoms with Gasteiger partial charge in [0, 0.05) is 11.5 Å². The quantitative estimate of drug-likeness (QED) is 0.385. The number of aliphatic hydroxyl groups excluding tert-OH is 2. The Balaban J connectivity index is 1.71. The number of hydrogen-bond donors (Lipinski definition) is 5. The highest BCUT2D eigenvalue weighted by Gasteiger charge is 2.44. The van der Waals surface area contributed by atoms with E-state index < -0.39 is 36.6 Å². The van der Waals surface area contributed by atoms with Gasteiger partial charge in [-0.05, 0) is 0 Å². The average Bonchev–Trinajstić information content (AvgIpc) is 3.12. The number of aromatic nitrogens is 4. The maximum atomic E-state index is 10.7. The lowest BCUT2D eigenvalue weighted by Gasteiger charge is -2.16. The van der Waals surface area contributed by atoms with Crippen LogP contribution in [0.15, 0.2) is 12.7 Å². The molecule has 1 saturated heterocycles. The highest BCUT2D eigenvalue weighted by Crippen LogP contribution is 2.33. The molecule has 7 N–H and O–H groups in total. The van der Waals surface area contributed by atoms with E-state index in [1.54, 1.807) is 0 Å². The highest BCUT2D eigenvalue weighted by molar-refractivity contribution is 7.99. The lowest BCUT2D eigenvalue weighted by Crippen LogP contribution is -2.35. The number of rotatable bonds is 6. The molecule has 1 aliphatic rings. The SMILES string of the molecule is Nc1ncnc2c1ncn2C1OC(CSCC(N)C(=O)O)[C@H](O)[C@@H]1O. The summed E-state index contributed by atoms with van der Waals surface area (Å²) in [5, 5.41) is 29.3. The van der Waals surface area contributed by atoms with Crippen LogP contribution in [0.2, 0.25) is 0 Å². The zero-order valence-corrected chi connectivity index (χ0v) is 13.8. The van der Waals surface area contributed by atoms with Crippen molar-refractivity contribution in [2.45, 2.75) is 30.6 Å². The summed E-state index contributed by atoms with van der Waals surface area (Å²) in [7, 11) is 0. The van der Waals surface area contributed by atoms with Crippen LogP contribution in [0.5, 0.6) is 0 Å². The first-order valence-electron chi connectivity index (χ1n) is 7.41. The number of ether oxygens (including phenoxy) is 1. The summed E-state index contributed by atoms with van der Waals surface area (Å²) in [4.78, 5) is 22.7. The zero-order valence-electron chi connectivity index (χ0n) is 13.0. The Morgan fingerprint density at radius 2 is 2.12 bits per heavy atom. The van der Waals surface area contributed by atoms with Crippen molar-refractivity contribution in [2.24, 2.45) is 5.73 Å². The fourth-order valence-corrected chi connectivity index (χ4v) is 3.58. The largest absolute Gasteiger partial charge is 0.480 e. The summed E-state index contributed by atoms with van der Waals surface area (Å²) in [5.74, 6) is -0.452. The fourth-order valence-electron chi connectivity index (χ4n) is 2.54. The Morgan fingerprint density at radius 3 is 2.84 bits per heavy atom. The number of carboxylic acid groups (broad SMARTS) is 1. The normalized spacial score (nSPS) is 27.6. The maximum Gasteiger partial charge on any atom is 0.321 e. The summed E-state index contributed by atoms with van der Waals surface area (Å²) in [5.41, 5.74) is 11.9. The van der Waals surface area contributed by atoms with Crippen molar-refractivity contribution < 1.29 is 24.9 Å². The number of carboxylic acids is 1. The van der Waals surface area contributed by atoms with Crippen LogP contribution in [0.3, 0.4) is 0 Å². The third kappa shape index (κ3) is 3.39. The van der Waals surface area contributed by atoms with Gasteiger partial charge in [0.15, 0.2) is 17.7 Å². The van der Waals surface area contributed by atoms with Crippen molar-refractivity contribution in [3.63, 3.8) is 0 Å². The number of anilines is 1. The summed E-state index contributed by atoms with van der Waals surface area (Å²) >= 11 is 1.23. The number of aliphatic carboxylic acids is 1. The molecular weight excluding hydrogens is 352 g/mol. The van der Waals surface area contributed by atoms with Crippen molar-refractivity contribution in [1.82, 2.24) is 19.5 Å². The molecular formula is C13H18N6O5S. The fraction of sp³-hybridized carbons (Fsp3) is 0.538. The first-order valence-corrected chi connectivity index (χ1v) is 8.56. The smallest absolute Gasteiger partial charge is 0.321 e. The van der Waals surface area contributed by atoms with E-state index in [0.29, 0.717) is 11.2 Å². The molecule has 1 fully saturated rings. The van der Waals surface area contributed by atoms with Gasteiger partial charge in [0.25, 0.3) is 0 Å². The predicted molar refractivity (Wildman–Crippen MR) is 88.6 cm³/mol. The Morgan fingerprint density at radius 1 is 1.36 bits per heavy atom. The van der Waals surface area contributed by atoms with Crippen molar-refractivity contribution >= 4 is 34.7 Å². The number of fused-ring (bicyclic) bond motifs is 1. The number of carbonyl (C=O) groups is 1. The molecule has 2 aromatic rings. The molecule has 0 saturated carbocycles. The number of thioether (sulfide) groups is 1. The van der Waals surface area contributed by atoms with Gasteiger partial charge in [-0.2, -0.15) is 11.8 Å². The number of imidazole rings is 1. The van der Waals surface area contributed by atoms with E-state index in [-0.39, 0.29) is 17.3 Å². The van der Waals surface area contributed by atoms with Gasteiger partial charge in [0.2, 0.25) is 0 Å². The van der Waals surface area contributed by atoms with E-state index >= 15 is 0 Å². The third-order valence-electron chi connectivity index (χ3n) is 3.90. The number of nitrogens with two attached hydrogens (primary N) is 2. The van der Waals surface area contributed by atoms with Gasteiger partial charge in [0.1, 0.15) is 30.1 Å². The molecule has 3 rings (SSSR count). The summed E-state index contributed by atoms with van der Waals surface area (Å²) in [6, 6.07) is -0.999. The van der Waals surface area contributed by atoms with Crippen LogP contribution in [-0.2, 0) is 9.53 Å². The van der Waals surface area contributed by atoms with Gasteiger partial charge < -0.3 is 31.5 Å². The number of nitrogens with zero attached hydrogens (tertiary/aromatic N) is 4. The van der Waals surface area contributed by atoms with Gasteiger partial charge in [-0.1, -0.05) is 0 Å². The third-order valence-corrected chi connectivity index (χ3v) is 5.05. The molecule has 5 atom stereocenters. The van der Waals surface area contributed by atoms with Crippen LogP contribution in [-0.4, -0.2) is 76.7 Å². The standard InChI is InChI=1S/C13H18N6O5S/c14-5(13(22)23)1-25-2-6-8(20)9(21)12(24-6)19-4-18-7-10(15)16-3-17-11(7)19/h3-6,8-9,12,20-21H,1-2,14H2,(H,22,23)(H2,15,16,17)/t5?,6?,8-,9-,12?/m0/s1. The van der Waals surface area contributed by atoms with Gasteiger partial charge in [0.05, 0.1) is 12.4 Å². The van der Waals surface area contributed by atoms with E-state index in [4.69, 9.17) is 21.3 Å². The molecule has 0 amide bonds. The molecule has 1 aliphatic heterocycles. The molecule has 0 spiro atoms. The van der Waals surface area contributed by atoms with E-state index in [0.717, 1.165) is 0 Å². The Hall–Kier alpha value is -1.99. The van der Waals surface area contributed by atoms with Crippen LogP contribution in [0.4, 0.5) is 5.82 Å². The molecule has 0 aromatic carbocycles. The minimum Gasteiger partial charge on any atom is -0.480 e. The van der Waals surface area contributed by atoms with Crippen molar-refractivity contribution in [3.05, 3.63) is 12.7 Å². The number of nitrogen functional groups attached to an aromatic ring is 1. The summed E-state index contributed by atoms with van der Waals surface area (Å²) < 4.78 is 7.21. The predicted octanol–water partition coefficient (Wildman–Crippen LogP) is -1.83. The van der Waals surface area contributed by atoms with E-state index in [1.165, 1.54) is 29.0 Å². The Kier molecular flexibility index (Phi) is 5.06. The molecule has 0 aliphatic carbocycles. The molecule has 12 heteroatoms. The zero-order chi connectivity index (χ0) is 18.1. The number of aliphatic hydroxyl groups is 2. The second kappa shape index (κ2) is 7.09. The molecule has 25 heavy (non-hydrogen) atoms. The minimum absolute atomic E-state index is 0.167. The molecule has 0 radical (unpaired) electrons. The van der Waals surface area contributed by atoms with Crippen LogP contribution in [0.1, 0.15) is 6.23 Å². The lowest BCUT2D eigenvalue weighted by atomic mass is 10.1. The minimum atomic E-state index is -1.20. The topological polar surface area (TPSA) is 183 Å². The van der Waals surface area contributed by atoms with E-state index in [2.05, 4.69) is 15.0 Å². The van der Waals surface area contributed by atoms with Crippen molar-refractivity contribution in [1.29, 1.82) is 0 Å². The average molecular weight is 370 g/mol. The molecule has 3 unspecified atom stereocenters. The summed E-state index contributed by atoms with van der Waals surface area (Å²) in [6.45, 7) is 0. The van der Waals surface area contributed by atoms with E-state index in [9.17, 15) is 15.0 Å². The number of hydrogen-bond acceptors (Lipinski definition) is 10. The first-order chi connectivity index (χ1) is 11.9. The van der Waals surface area contributed by atoms with Gasteiger partial charge >= 0.3 is 5.97 Å². The molecule has 0 bridgehead atoms. The van der Waals surface area contributed by atoms with Gasteiger partial charge in [-0.3, -0.25) is 9.36 Å². The molecule has 11 nitrogen and oxygen atoms in total. The first kappa shape index (κ1) is 17.8. The Labute approximate surface area is 146 Å².